The number of carbonyl (C=O) groups is 2. The van der Waals surface area contributed by atoms with Gasteiger partial charge in [-0.05, 0) is 75.2 Å². The minimum Gasteiger partial charge on any atom is -0.494 e. The molecule has 1 atom stereocenters. The van der Waals surface area contributed by atoms with Crippen LogP contribution < -0.4 is 19.7 Å². The van der Waals surface area contributed by atoms with Gasteiger partial charge in [-0.2, -0.15) is 12.7 Å². The van der Waals surface area contributed by atoms with Crippen molar-refractivity contribution in [1.29, 1.82) is 0 Å². The van der Waals surface area contributed by atoms with Gasteiger partial charge in [0.15, 0.2) is 0 Å². The Labute approximate surface area is 201 Å². The van der Waals surface area contributed by atoms with Crippen LogP contribution in [0.5, 0.6) is 5.75 Å². The lowest BCUT2D eigenvalue weighted by Crippen LogP contribution is -2.50. The smallest absolute Gasteiger partial charge is 0.304 e. The van der Waals surface area contributed by atoms with Crippen LogP contribution in [0.1, 0.15) is 33.6 Å². The molecule has 1 saturated heterocycles. The third kappa shape index (κ3) is 6.27. The molecular formula is C24H32N4O5S. The molecule has 0 unspecified atom stereocenters. The zero-order valence-corrected chi connectivity index (χ0v) is 20.6. The van der Waals surface area contributed by atoms with Crippen LogP contribution in [0.3, 0.4) is 0 Å². The van der Waals surface area contributed by atoms with E-state index in [9.17, 15) is 18.0 Å². The lowest BCUT2D eigenvalue weighted by atomic mass is 9.98. The molecule has 3 rings (SSSR count). The molecule has 0 bridgehead atoms. The molecule has 2 amide bonds. The summed E-state index contributed by atoms with van der Waals surface area (Å²) in [6, 6.07) is 13.8. The Balaban J connectivity index is 1.68. The first-order valence-corrected chi connectivity index (χ1v) is 12.8. The van der Waals surface area contributed by atoms with E-state index < -0.39 is 16.1 Å². The Morgan fingerprint density at radius 1 is 1.03 bits per heavy atom. The van der Waals surface area contributed by atoms with E-state index in [1.54, 1.807) is 55.5 Å². The quantitative estimate of drug-likeness (QED) is 0.562. The Morgan fingerprint density at radius 2 is 1.65 bits per heavy atom. The first-order valence-electron chi connectivity index (χ1n) is 11.4. The van der Waals surface area contributed by atoms with Crippen molar-refractivity contribution in [3.05, 3.63) is 48.5 Å². The predicted octanol–water partition coefficient (Wildman–Crippen LogP) is 3.47. The number of nitrogens with one attached hydrogen (secondary N) is 2. The maximum absolute atomic E-state index is 13.4. The van der Waals surface area contributed by atoms with Crippen LogP contribution >= 0.6 is 0 Å². The van der Waals surface area contributed by atoms with Crippen molar-refractivity contribution < 1.29 is 22.7 Å². The number of anilines is 3. The maximum atomic E-state index is 13.4. The lowest BCUT2D eigenvalue weighted by Gasteiger charge is -2.35. The number of nitrogens with zero attached hydrogens (tertiary/aromatic N) is 2. The normalized spacial score (nSPS) is 16.5. The molecule has 184 valence electrons. The fourth-order valence-electron chi connectivity index (χ4n) is 3.94. The topological polar surface area (TPSA) is 108 Å². The predicted molar refractivity (Wildman–Crippen MR) is 133 cm³/mol. The van der Waals surface area contributed by atoms with Gasteiger partial charge in [0.2, 0.25) is 11.8 Å². The molecule has 0 aromatic heterocycles. The van der Waals surface area contributed by atoms with Crippen molar-refractivity contribution in [2.24, 2.45) is 5.92 Å². The number of carbonyl (C=O) groups excluding carboxylic acids is 2. The summed E-state index contributed by atoms with van der Waals surface area (Å²) in [4.78, 5) is 24.0. The second-order valence-corrected chi connectivity index (χ2v) is 9.90. The van der Waals surface area contributed by atoms with Crippen molar-refractivity contribution in [1.82, 2.24) is 4.31 Å². The highest BCUT2D eigenvalue weighted by Crippen LogP contribution is 2.27. The Kier molecular flexibility index (Phi) is 8.51. The van der Waals surface area contributed by atoms with E-state index in [1.165, 1.54) is 15.5 Å². The second-order valence-electron chi connectivity index (χ2n) is 8.04. The molecule has 2 N–H and O–H groups in total. The SMILES string of the molecule is CCOc1ccc(N(CC)S(=O)(=O)N2CCC[C@H](C(=O)Nc3ccc(NC(C)=O)cc3)C2)cc1. The highest BCUT2D eigenvalue weighted by molar-refractivity contribution is 7.90. The van der Waals surface area contributed by atoms with E-state index >= 15 is 0 Å². The highest BCUT2D eigenvalue weighted by Gasteiger charge is 2.35. The minimum atomic E-state index is -3.80. The van der Waals surface area contributed by atoms with Crippen LogP contribution in [0, 0.1) is 5.92 Å². The molecule has 1 fully saturated rings. The monoisotopic (exact) mass is 488 g/mol. The molecule has 1 aliphatic rings. The van der Waals surface area contributed by atoms with Gasteiger partial charge in [0.25, 0.3) is 0 Å². The van der Waals surface area contributed by atoms with Crippen molar-refractivity contribution >= 4 is 39.1 Å². The number of benzene rings is 2. The molecule has 2 aromatic carbocycles. The molecule has 1 aliphatic heterocycles. The molecule has 0 spiro atoms. The highest BCUT2D eigenvalue weighted by atomic mass is 32.2. The van der Waals surface area contributed by atoms with Crippen LogP contribution in [0.25, 0.3) is 0 Å². The largest absolute Gasteiger partial charge is 0.494 e. The summed E-state index contributed by atoms with van der Waals surface area (Å²) in [5.74, 6) is -0.181. The van der Waals surface area contributed by atoms with Crippen LogP contribution in [0.15, 0.2) is 48.5 Å². The van der Waals surface area contributed by atoms with E-state index in [4.69, 9.17) is 4.74 Å². The van der Waals surface area contributed by atoms with Crippen LogP contribution in [-0.4, -0.2) is 50.8 Å². The average molecular weight is 489 g/mol. The standard InChI is InChI=1S/C24H32N4O5S/c1-4-28(22-12-14-23(15-13-22)33-5-2)34(31,32)27-16-6-7-19(17-27)24(30)26-21-10-8-20(9-11-21)25-18(3)29/h8-15,19H,4-7,16-17H2,1-3H3,(H,25,29)(H,26,30)/t19-/m0/s1. The lowest BCUT2D eigenvalue weighted by molar-refractivity contribution is -0.121. The van der Waals surface area contributed by atoms with E-state index in [1.807, 2.05) is 6.92 Å². The number of hydrogen-bond acceptors (Lipinski definition) is 5. The molecule has 2 aromatic rings. The Morgan fingerprint density at radius 3 is 2.21 bits per heavy atom. The van der Waals surface area contributed by atoms with Gasteiger partial charge >= 0.3 is 10.2 Å². The average Bonchev–Trinajstić information content (AvgIpc) is 2.82. The van der Waals surface area contributed by atoms with Crippen molar-refractivity contribution in [3.63, 3.8) is 0 Å². The Hall–Kier alpha value is -3.11. The van der Waals surface area contributed by atoms with Gasteiger partial charge in [0.1, 0.15) is 5.75 Å². The maximum Gasteiger partial charge on any atom is 0.304 e. The van der Waals surface area contributed by atoms with Gasteiger partial charge in [-0.15, -0.1) is 0 Å². The number of piperidine rings is 1. The summed E-state index contributed by atoms with van der Waals surface area (Å²) < 4.78 is 35.1. The molecular weight excluding hydrogens is 456 g/mol. The van der Waals surface area contributed by atoms with Crippen LogP contribution in [-0.2, 0) is 19.8 Å². The van der Waals surface area contributed by atoms with Gasteiger partial charge in [-0.25, -0.2) is 0 Å². The molecule has 9 nitrogen and oxygen atoms in total. The van der Waals surface area contributed by atoms with Crippen molar-refractivity contribution in [2.45, 2.75) is 33.6 Å². The molecule has 1 heterocycles. The third-order valence-corrected chi connectivity index (χ3v) is 7.57. The van der Waals surface area contributed by atoms with E-state index in [-0.39, 0.29) is 24.9 Å². The summed E-state index contributed by atoms with van der Waals surface area (Å²) in [5.41, 5.74) is 1.77. The van der Waals surface area contributed by atoms with Gasteiger partial charge in [-0.3, -0.25) is 13.9 Å². The van der Waals surface area contributed by atoms with Gasteiger partial charge in [0.05, 0.1) is 18.2 Å². The molecule has 0 radical (unpaired) electrons. The zero-order chi connectivity index (χ0) is 24.7. The summed E-state index contributed by atoms with van der Waals surface area (Å²) in [6.07, 6.45) is 1.20. The summed E-state index contributed by atoms with van der Waals surface area (Å²) in [7, 11) is -3.80. The molecule has 0 saturated carbocycles. The number of rotatable bonds is 9. The van der Waals surface area contributed by atoms with Gasteiger partial charge in [0, 0.05) is 37.9 Å². The summed E-state index contributed by atoms with van der Waals surface area (Å²) in [6.45, 7) is 6.38. The van der Waals surface area contributed by atoms with Crippen LogP contribution in [0.4, 0.5) is 17.1 Å². The molecule has 34 heavy (non-hydrogen) atoms. The van der Waals surface area contributed by atoms with Gasteiger partial charge in [-0.1, -0.05) is 0 Å². The van der Waals surface area contributed by atoms with Crippen molar-refractivity contribution in [2.75, 3.05) is 41.2 Å². The number of hydrogen-bond donors (Lipinski definition) is 2. The van der Waals surface area contributed by atoms with Crippen molar-refractivity contribution in [3.8, 4) is 5.75 Å². The van der Waals surface area contributed by atoms with E-state index in [0.717, 1.165) is 0 Å². The van der Waals surface area contributed by atoms with E-state index in [2.05, 4.69) is 10.6 Å². The van der Waals surface area contributed by atoms with Gasteiger partial charge < -0.3 is 15.4 Å². The summed E-state index contributed by atoms with van der Waals surface area (Å²) in [5, 5.41) is 5.53. The number of ether oxygens (including phenoxy) is 1. The fraction of sp³-hybridized carbons (Fsp3) is 0.417. The molecule has 10 heteroatoms. The molecule has 0 aliphatic carbocycles. The second kappa shape index (κ2) is 11.3. The van der Waals surface area contributed by atoms with Crippen LogP contribution in [0.2, 0.25) is 0 Å². The first kappa shape index (κ1) is 25.5. The summed E-state index contributed by atoms with van der Waals surface area (Å²) >= 11 is 0. The minimum absolute atomic E-state index is 0.117. The van der Waals surface area contributed by atoms with E-state index in [0.29, 0.717) is 48.8 Å². The number of amides is 2. The first-order chi connectivity index (χ1) is 16.2. The third-order valence-electron chi connectivity index (χ3n) is 5.56. The Bertz CT molecular complexity index is 1090. The fourth-order valence-corrected chi connectivity index (χ4v) is 5.67. The zero-order valence-electron chi connectivity index (χ0n) is 19.8.